The number of morpholine rings is 1. The molecule has 24 heavy (non-hydrogen) atoms. The average molecular weight is 343 g/mol. The van der Waals surface area contributed by atoms with Crippen LogP contribution in [0.3, 0.4) is 0 Å². The molecule has 0 bridgehead atoms. The van der Waals surface area contributed by atoms with Gasteiger partial charge in [-0.15, -0.1) is 0 Å². The lowest BCUT2D eigenvalue weighted by Crippen LogP contribution is -2.45. The molecule has 0 unspecified atom stereocenters. The minimum Gasteiger partial charge on any atom is -0.375 e. The highest BCUT2D eigenvalue weighted by atomic mass is 32.1. The fourth-order valence-corrected chi connectivity index (χ4v) is 3.85. The van der Waals surface area contributed by atoms with Crippen molar-refractivity contribution < 1.29 is 9.53 Å². The van der Waals surface area contributed by atoms with E-state index in [1.807, 2.05) is 11.0 Å². The number of nitrogens with zero attached hydrogens (tertiary/aromatic N) is 1. The zero-order valence-corrected chi connectivity index (χ0v) is 14.8. The molecule has 1 aromatic heterocycles. The van der Waals surface area contributed by atoms with Crippen LogP contribution in [0.1, 0.15) is 30.4 Å². The second-order valence-electron chi connectivity index (χ2n) is 6.34. The van der Waals surface area contributed by atoms with E-state index in [1.165, 1.54) is 11.1 Å². The number of hydrogen-bond acceptors (Lipinski definition) is 3. The van der Waals surface area contributed by atoms with E-state index in [2.05, 4.69) is 41.1 Å². The predicted octanol–water partition coefficient (Wildman–Crippen LogP) is 3.93. The topological polar surface area (TPSA) is 29.5 Å². The molecule has 1 saturated heterocycles. The van der Waals surface area contributed by atoms with Crippen LogP contribution in [0.15, 0.2) is 47.2 Å². The van der Waals surface area contributed by atoms with Crippen LogP contribution in [-0.4, -0.2) is 36.6 Å². The smallest absolute Gasteiger partial charge is 0.223 e. The Kier molecular flexibility index (Phi) is 6.44. The first-order chi connectivity index (χ1) is 11.8. The minimum absolute atomic E-state index is 0.188. The molecule has 0 radical (unpaired) electrons. The van der Waals surface area contributed by atoms with E-state index in [1.54, 1.807) is 11.3 Å². The third-order valence-corrected chi connectivity index (χ3v) is 5.27. The van der Waals surface area contributed by atoms with Crippen LogP contribution in [0.25, 0.3) is 0 Å². The van der Waals surface area contributed by atoms with Gasteiger partial charge in [0.15, 0.2) is 0 Å². The highest BCUT2D eigenvalue weighted by Crippen LogP contribution is 2.15. The lowest BCUT2D eigenvalue weighted by molar-refractivity contribution is -0.139. The summed E-state index contributed by atoms with van der Waals surface area (Å²) in [5.74, 6) is 0.262. The Balaban J connectivity index is 1.39. The number of thiophene rings is 1. The Hall–Kier alpha value is -1.65. The number of benzene rings is 1. The predicted molar refractivity (Wildman–Crippen MR) is 98.3 cm³/mol. The van der Waals surface area contributed by atoms with Crippen LogP contribution in [0, 0.1) is 0 Å². The van der Waals surface area contributed by atoms with Gasteiger partial charge < -0.3 is 9.64 Å². The number of amides is 1. The molecule has 4 heteroatoms. The molecule has 1 atom stereocenters. The molecule has 1 amide bonds. The first kappa shape index (κ1) is 17.2. The van der Waals surface area contributed by atoms with Crippen molar-refractivity contribution >= 4 is 17.2 Å². The maximum absolute atomic E-state index is 12.4. The van der Waals surface area contributed by atoms with Crippen LogP contribution < -0.4 is 0 Å². The molecule has 0 saturated carbocycles. The highest BCUT2D eigenvalue weighted by molar-refractivity contribution is 7.07. The number of hydrogen-bond donors (Lipinski definition) is 0. The van der Waals surface area contributed by atoms with Crippen LogP contribution >= 0.6 is 11.3 Å². The van der Waals surface area contributed by atoms with Crippen LogP contribution in [0.5, 0.6) is 0 Å². The van der Waals surface area contributed by atoms with E-state index in [-0.39, 0.29) is 12.0 Å². The zero-order valence-electron chi connectivity index (χ0n) is 14.0. The molecule has 3 rings (SSSR count). The molecule has 128 valence electrons. The summed E-state index contributed by atoms with van der Waals surface area (Å²) in [7, 11) is 0. The monoisotopic (exact) mass is 343 g/mol. The van der Waals surface area contributed by atoms with E-state index in [0.717, 1.165) is 38.8 Å². The van der Waals surface area contributed by atoms with Crippen LogP contribution in [0.2, 0.25) is 0 Å². The van der Waals surface area contributed by atoms with Gasteiger partial charge >= 0.3 is 0 Å². The Labute approximate surface area is 148 Å². The van der Waals surface area contributed by atoms with E-state index in [9.17, 15) is 4.79 Å². The van der Waals surface area contributed by atoms with Crippen molar-refractivity contribution in [1.29, 1.82) is 0 Å². The molecule has 1 aliphatic rings. The molecule has 1 aromatic carbocycles. The molecular weight excluding hydrogens is 318 g/mol. The SMILES string of the molecule is O=C(CCc1ccsc1)N1CCO[C@@H](CCCc2ccccc2)C1. The summed E-state index contributed by atoms with van der Waals surface area (Å²) in [5, 5.41) is 4.19. The summed E-state index contributed by atoms with van der Waals surface area (Å²) in [6.07, 6.45) is 4.83. The number of ether oxygens (including phenoxy) is 1. The summed E-state index contributed by atoms with van der Waals surface area (Å²) in [4.78, 5) is 14.4. The van der Waals surface area contributed by atoms with Crippen molar-refractivity contribution in [3.8, 4) is 0 Å². The van der Waals surface area contributed by atoms with Gasteiger partial charge in [0, 0.05) is 19.5 Å². The van der Waals surface area contributed by atoms with E-state index in [0.29, 0.717) is 13.0 Å². The number of carbonyl (C=O) groups is 1. The van der Waals surface area contributed by atoms with Crippen molar-refractivity contribution in [2.75, 3.05) is 19.7 Å². The molecule has 1 fully saturated rings. The van der Waals surface area contributed by atoms with Crippen molar-refractivity contribution in [1.82, 2.24) is 4.90 Å². The Morgan fingerprint density at radius 1 is 1.17 bits per heavy atom. The van der Waals surface area contributed by atoms with E-state index in [4.69, 9.17) is 4.74 Å². The van der Waals surface area contributed by atoms with Crippen molar-refractivity contribution in [3.05, 3.63) is 58.3 Å². The minimum atomic E-state index is 0.188. The molecule has 0 N–H and O–H groups in total. The maximum Gasteiger partial charge on any atom is 0.223 e. The third-order valence-electron chi connectivity index (χ3n) is 4.53. The van der Waals surface area contributed by atoms with Crippen molar-refractivity contribution in [2.24, 2.45) is 0 Å². The Morgan fingerprint density at radius 3 is 2.83 bits per heavy atom. The van der Waals surface area contributed by atoms with Gasteiger partial charge in [-0.1, -0.05) is 30.3 Å². The quantitative estimate of drug-likeness (QED) is 0.762. The summed E-state index contributed by atoms with van der Waals surface area (Å²) in [6.45, 7) is 2.15. The highest BCUT2D eigenvalue weighted by Gasteiger charge is 2.23. The number of rotatable bonds is 7. The van der Waals surface area contributed by atoms with Gasteiger partial charge in [-0.05, 0) is 53.6 Å². The maximum atomic E-state index is 12.4. The summed E-state index contributed by atoms with van der Waals surface area (Å²) < 4.78 is 5.85. The Bertz CT molecular complexity index is 612. The molecule has 2 aromatic rings. The molecule has 0 aliphatic carbocycles. The molecule has 3 nitrogen and oxygen atoms in total. The molecular formula is C20H25NO2S. The standard InChI is InChI=1S/C20H25NO2S/c22-20(10-9-18-11-14-24-16-18)21-12-13-23-19(15-21)8-4-7-17-5-2-1-3-6-17/h1-3,5-6,11,14,16,19H,4,7-10,12-13,15H2/t19-/m0/s1. The second kappa shape index (κ2) is 9.00. The first-order valence-corrected chi connectivity index (χ1v) is 9.70. The normalized spacial score (nSPS) is 17.8. The lowest BCUT2D eigenvalue weighted by atomic mass is 10.0. The largest absolute Gasteiger partial charge is 0.375 e. The van der Waals surface area contributed by atoms with Crippen LogP contribution in [0.4, 0.5) is 0 Å². The fraction of sp³-hybridized carbons (Fsp3) is 0.450. The molecule has 1 aliphatic heterocycles. The Morgan fingerprint density at radius 2 is 2.04 bits per heavy atom. The van der Waals surface area contributed by atoms with Gasteiger partial charge in [0.1, 0.15) is 0 Å². The van der Waals surface area contributed by atoms with Gasteiger partial charge in [-0.25, -0.2) is 0 Å². The van der Waals surface area contributed by atoms with Gasteiger partial charge in [0.25, 0.3) is 0 Å². The second-order valence-corrected chi connectivity index (χ2v) is 7.12. The first-order valence-electron chi connectivity index (χ1n) is 8.75. The van der Waals surface area contributed by atoms with Crippen LogP contribution in [-0.2, 0) is 22.4 Å². The summed E-state index contributed by atoms with van der Waals surface area (Å²) in [6, 6.07) is 12.7. The van der Waals surface area contributed by atoms with Gasteiger partial charge in [-0.2, -0.15) is 11.3 Å². The summed E-state index contributed by atoms with van der Waals surface area (Å²) >= 11 is 1.69. The fourth-order valence-electron chi connectivity index (χ4n) is 3.14. The van der Waals surface area contributed by atoms with Gasteiger partial charge in [-0.3, -0.25) is 4.79 Å². The third kappa shape index (κ3) is 5.18. The van der Waals surface area contributed by atoms with Gasteiger partial charge in [0.05, 0.1) is 12.7 Å². The number of aryl methyl sites for hydroxylation is 2. The molecule has 0 spiro atoms. The zero-order chi connectivity index (χ0) is 16.6. The average Bonchev–Trinajstić information content (AvgIpc) is 3.14. The summed E-state index contributed by atoms with van der Waals surface area (Å²) in [5.41, 5.74) is 2.64. The number of carbonyl (C=O) groups excluding carboxylic acids is 1. The van der Waals surface area contributed by atoms with Crippen molar-refractivity contribution in [3.63, 3.8) is 0 Å². The van der Waals surface area contributed by atoms with Gasteiger partial charge in [0.2, 0.25) is 5.91 Å². The lowest BCUT2D eigenvalue weighted by Gasteiger charge is -2.33. The van der Waals surface area contributed by atoms with E-state index >= 15 is 0 Å². The van der Waals surface area contributed by atoms with E-state index < -0.39 is 0 Å². The molecule has 2 heterocycles. The van der Waals surface area contributed by atoms with Crippen molar-refractivity contribution in [2.45, 2.75) is 38.2 Å².